The predicted molar refractivity (Wildman–Crippen MR) is 73.1 cm³/mol. The summed E-state index contributed by atoms with van der Waals surface area (Å²) >= 11 is 1.57. The molecule has 100 valence electrons. The summed E-state index contributed by atoms with van der Waals surface area (Å²) < 4.78 is 4.75. The lowest BCUT2D eigenvalue weighted by atomic mass is 9.91. The van der Waals surface area contributed by atoms with Gasteiger partial charge in [-0.1, -0.05) is 0 Å². The Labute approximate surface area is 115 Å². The highest BCUT2D eigenvalue weighted by Gasteiger charge is 2.29. The van der Waals surface area contributed by atoms with Gasteiger partial charge in [0.15, 0.2) is 6.61 Å². The van der Waals surface area contributed by atoms with Crippen molar-refractivity contribution in [3.63, 3.8) is 0 Å². The third-order valence-corrected chi connectivity index (χ3v) is 4.47. The largest absolute Gasteiger partial charge is 0.454 e. The lowest BCUT2D eigenvalue weighted by molar-refractivity contribution is -0.135. The minimum absolute atomic E-state index is 0.115. The van der Waals surface area contributed by atoms with E-state index in [9.17, 15) is 9.59 Å². The van der Waals surface area contributed by atoms with E-state index in [1.807, 2.05) is 5.38 Å². The summed E-state index contributed by atoms with van der Waals surface area (Å²) in [5, 5.41) is 5.40. The minimum atomic E-state index is -0.494. The van der Waals surface area contributed by atoms with E-state index in [0.717, 1.165) is 30.8 Å². The molecule has 0 saturated carbocycles. The summed E-state index contributed by atoms with van der Waals surface area (Å²) in [6.45, 7) is 1.92. The Kier molecular flexibility index (Phi) is 3.48. The third kappa shape index (κ3) is 2.48. The Hall–Kier alpha value is -1.46. The smallest absolute Gasteiger partial charge is 0.342 e. The number of carbonyl (C=O) groups is 2. The van der Waals surface area contributed by atoms with E-state index in [4.69, 9.17) is 4.74 Å². The van der Waals surface area contributed by atoms with Gasteiger partial charge < -0.3 is 10.1 Å². The molecule has 19 heavy (non-hydrogen) atoms. The van der Waals surface area contributed by atoms with Gasteiger partial charge in [-0.15, -0.1) is 11.3 Å². The van der Waals surface area contributed by atoms with E-state index >= 15 is 0 Å². The fourth-order valence-electron chi connectivity index (χ4n) is 2.57. The zero-order valence-electron chi connectivity index (χ0n) is 10.5. The third-order valence-electron chi connectivity index (χ3n) is 3.59. The zero-order chi connectivity index (χ0) is 13.2. The SMILES string of the molecule is O=C1COC(=O)C1=Cc1sccc1C1CCCNC1. The molecule has 1 aromatic heterocycles. The summed E-state index contributed by atoms with van der Waals surface area (Å²) in [6, 6.07) is 2.10. The van der Waals surface area contributed by atoms with Crippen molar-refractivity contribution in [3.8, 4) is 0 Å². The first-order valence-corrected chi connectivity index (χ1v) is 7.34. The van der Waals surface area contributed by atoms with Gasteiger partial charge in [0.25, 0.3) is 0 Å². The van der Waals surface area contributed by atoms with E-state index in [-0.39, 0.29) is 18.0 Å². The van der Waals surface area contributed by atoms with Crippen LogP contribution in [0.25, 0.3) is 6.08 Å². The summed E-state index contributed by atoms with van der Waals surface area (Å²) in [5.41, 5.74) is 1.42. The van der Waals surface area contributed by atoms with Crippen molar-refractivity contribution in [3.05, 3.63) is 27.5 Å². The number of carbonyl (C=O) groups excluding carboxylic acids is 2. The van der Waals surface area contributed by atoms with Crippen LogP contribution in [0, 0.1) is 0 Å². The van der Waals surface area contributed by atoms with Gasteiger partial charge in [0.1, 0.15) is 5.57 Å². The van der Waals surface area contributed by atoms with Gasteiger partial charge >= 0.3 is 5.97 Å². The summed E-state index contributed by atoms with van der Waals surface area (Å²) in [4.78, 5) is 24.1. The van der Waals surface area contributed by atoms with Crippen LogP contribution in [-0.4, -0.2) is 31.4 Å². The fraction of sp³-hybridized carbons (Fsp3) is 0.429. The standard InChI is InChI=1S/C14H15NO3S/c16-12-8-18-14(17)11(12)6-13-10(3-5-19-13)9-2-1-4-15-7-9/h3,5-6,9,15H,1-2,4,7-8H2. The summed E-state index contributed by atoms with van der Waals surface area (Å²) in [7, 11) is 0. The zero-order valence-corrected chi connectivity index (χ0v) is 11.3. The minimum Gasteiger partial charge on any atom is -0.454 e. The number of piperidine rings is 1. The van der Waals surface area contributed by atoms with E-state index in [2.05, 4.69) is 11.4 Å². The van der Waals surface area contributed by atoms with Gasteiger partial charge in [-0.3, -0.25) is 4.79 Å². The number of esters is 1. The molecule has 1 N–H and O–H groups in total. The van der Waals surface area contributed by atoms with Crippen molar-refractivity contribution in [1.82, 2.24) is 5.32 Å². The van der Waals surface area contributed by atoms with Gasteiger partial charge in [-0.05, 0) is 48.4 Å². The molecule has 0 aromatic carbocycles. The molecule has 5 heteroatoms. The monoisotopic (exact) mass is 277 g/mol. The highest BCUT2D eigenvalue weighted by molar-refractivity contribution is 7.11. The normalized spacial score (nSPS) is 25.9. The molecule has 3 heterocycles. The summed E-state index contributed by atoms with van der Waals surface area (Å²) in [6.07, 6.45) is 4.02. The van der Waals surface area contributed by atoms with Crippen molar-refractivity contribution in [2.45, 2.75) is 18.8 Å². The number of rotatable bonds is 2. The van der Waals surface area contributed by atoms with Crippen LogP contribution in [-0.2, 0) is 14.3 Å². The van der Waals surface area contributed by atoms with Crippen LogP contribution in [0.1, 0.15) is 29.2 Å². The van der Waals surface area contributed by atoms with Crippen molar-refractivity contribution in [2.75, 3.05) is 19.7 Å². The van der Waals surface area contributed by atoms with Crippen LogP contribution in [0.4, 0.5) is 0 Å². The second kappa shape index (κ2) is 5.27. The van der Waals surface area contributed by atoms with Gasteiger partial charge in [0, 0.05) is 11.4 Å². The van der Waals surface area contributed by atoms with Crippen LogP contribution in [0.3, 0.4) is 0 Å². The van der Waals surface area contributed by atoms with Crippen molar-refractivity contribution >= 4 is 29.2 Å². The first kappa shape index (κ1) is 12.6. The molecule has 1 aromatic rings. The highest BCUT2D eigenvalue weighted by Crippen LogP contribution is 2.32. The van der Waals surface area contributed by atoms with E-state index in [0.29, 0.717) is 5.92 Å². The average molecular weight is 277 g/mol. The Morgan fingerprint density at radius 1 is 1.42 bits per heavy atom. The van der Waals surface area contributed by atoms with E-state index < -0.39 is 5.97 Å². The molecule has 0 aliphatic carbocycles. The first-order chi connectivity index (χ1) is 9.25. The number of cyclic esters (lactones) is 1. The quantitative estimate of drug-likeness (QED) is 0.508. The molecular weight excluding hydrogens is 262 g/mol. The number of Topliss-reactive ketones (excluding diaryl/α,β-unsaturated/α-hetero) is 1. The molecule has 1 unspecified atom stereocenters. The Morgan fingerprint density at radius 2 is 2.32 bits per heavy atom. The number of nitrogens with one attached hydrogen (secondary N) is 1. The first-order valence-electron chi connectivity index (χ1n) is 6.46. The predicted octanol–water partition coefficient (Wildman–Crippen LogP) is 1.72. The molecule has 4 nitrogen and oxygen atoms in total. The fourth-order valence-corrected chi connectivity index (χ4v) is 3.49. The Balaban J connectivity index is 1.89. The summed E-state index contributed by atoms with van der Waals surface area (Å²) in [5.74, 6) is -0.239. The maximum absolute atomic E-state index is 11.6. The molecule has 3 rings (SSSR count). The van der Waals surface area contributed by atoms with Crippen molar-refractivity contribution in [2.24, 2.45) is 0 Å². The molecule has 2 saturated heterocycles. The molecule has 2 fully saturated rings. The highest BCUT2D eigenvalue weighted by atomic mass is 32.1. The Morgan fingerprint density at radius 3 is 3.00 bits per heavy atom. The number of hydrogen-bond acceptors (Lipinski definition) is 5. The van der Waals surface area contributed by atoms with Crippen molar-refractivity contribution in [1.29, 1.82) is 0 Å². The van der Waals surface area contributed by atoms with Gasteiger partial charge in [0.2, 0.25) is 5.78 Å². The molecule has 0 bridgehead atoms. The van der Waals surface area contributed by atoms with Gasteiger partial charge in [-0.2, -0.15) is 0 Å². The molecule has 0 amide bonds. The second-order valence-corrected chi connectivity index (χ2v) is 5.79. The molecule has 1 atom stereocenters. The molecule has 2 aliphatic heterocycles. The van der Waals surface area contributed by atoms with Crippen LogP contribution in [0.5, 0.6) is 0 Å². The topological polar surface area (TPSA) is 55.4 Å². The molecule has 0 spiro atoms. The average Bonchev–Trinajstić information content (AvgIpc) is 3.02. The van der Waals surface area contributed by atoms with Crippen LogP contribution < -0.4 is 5.32 Å². The number of hydrogen-bond donors (Lipinski definition) is 1. The molecule has 0 radical (unpaired) electrons. The van der Waals surface area contributed by atoms with Crippen LogP contribution in [0.15, 0.2) is 17.0 Å². The lowest BCUT2D eigenvalue weighted by Gasteiger charge is -2.22. The van der Waals surface area contributed by atoms with Crippen LogP contribution in [0.2, 0.25) is 0 Å². The van der Waals surface area contributed by atoms with Crippen molar-refractivity contribution < 1.29 is 14.3 Å². The van der Waals surface area contributed by atoms with Gasteiger partial charge in [-0.25, -0.2) is 4.79 Å². The Bertz CT molecular complexity index is 523. The second-order valence-electron chi connectivity index (χ2n) is 4.84. The van der Waals surface area contributed by atoms with Gasteiger partial charge in [0.05, 0.1) is 0 Å². The van der Waals surface area contributed by atoms with E-state index in [1.165, 1.54) is 5.56 Å². The molecule has 2 aliphatic rings. The number of thiophene rings is 1. The van der Waals surface area contributed by atoms with E-state index in [1.54, 1.807) is 17.4 Å². The number of ketones is 1. The maximum atomic E-state index is 11.6. The van der Waals surface area contributed by atoms with Crippen LogP contribution >= 0.6 is 11.3 Å². The molecular formula is C14H15NO3S. The lowest BCUT2D eigenvalue weighted by Crippen LogP contribution is -2.28. The number of ether oxygens (including phenoxy) is 1. The maximum Gasteiger partial charge on any atom is 0.342 e.